The van der Waals surface area contributed by atoms with E-state index in [1.54, 1.807) is 0 Å². The van der Waals surface area contributed by atoms with E-state index in [9.17, 15) is 14.3 Å². The van der Waals surface area contributed by atoms with Crippen LogP contribution in [0.1, 0.15) is 194 Å². The molecule has 384 valence electrons. The lowest BCUT2D eigenvalue weighted by Crippen LogP contribution is -2.37. The van der Waals surface area contributed by atoms with E-state index in [4.69, 9.17) is 18.5 Å². The van der Waals surface area contributed by atoms with Crippen LogP contribution in [0.4, 0.5) is 0 Å². The first kappa shape index (κ1) is 64.2. The molecule has 0 aliphatic heterocycles. The summed E-state index contributed by atoms with van der Waals surface area (Å²) in [5.74, 6) is -0.356. The van der Waals surface area contributed by atoms with Gasteiger partial charge in [0, 0.05) is 13.0 Å². The number of esters is 1. The Morgan fingerprint density at radius 3 is 1.30 bits per heavy atom. The lowest BCUT2D eigenvalue weighted by molar-refractivity contribution is -0.870. The van der Waals surface area contributed by atoms with Crippen molar-refractivity contribution in [1.82, 2.24) is 0 Å². The normalized spacial score (nSPS) is 14.4. The molecule has 0 radical (unpaired) electrons. The van der Waals surface area contributed by atoms with Crippen LogP contribution in [0.15, 0.2) is 109 Å². The maximum atomic E-state index is 12.8. The lowest BCUT2D eigenvalue weighted by atomic mass is 10.1. The van der Waals surface area contributed by atoms with Crippen LogP contribution in [-0.2, 0) is 27.9 Å². The average Bonchev–Trinajstić information content (AvgIpc) is 3.29. The van der Waals surface area contributed by atoms with E-state index in [-0.39, 0.29) is 32.2 Å². The molecule has 2 atom stereocenters. The SMILES string of the molecule is CC/C=C\C/C=C\C/C=C\C/C=C\C/C=C\C/C=C\CCCCCCCCC(=O)OC(COCCCCCCCCC/C=C\C/C=C\C/C=C\CCCCC)COP(=O)([O-])OCC[N+](C)(C)C. The van der Waals surface area contributed by atoms with Gasteiger partial charge in [-0.15, -0.1) is 0 Å². The number of rotatable bonds is 48. The standard InChI is InChI=1S/C58H100NO7P/c1-6-8-10-12-14-16-18-20-22-24-26-28-29-30-31-32-33-35-37-39-41-43-45-47-49-51-58(60)66-57(56-65-67(61,62)64-54-52-59(3,4)5)55-63-53-50-48-46-44-42-40-38-36-34-27-25-23-21-19-17-15-13-11-9-7-2/h8,10,14-17,20-23,26-28,30-31,33-35,57H,6-7,9,11-13,18-19,24-25,29,32,36-56H2,1-5H3/b10-8-,16-14-,17-15-,22-20-,23-21-,28-26-,31-30-,34-27-,35-33-. The van der Waals surface area contributed by atoms with Gasteiger partial charge >= 0.3 is 5.97 Å². The number of unbranched alkanes of at least 4 members (excludes halogenated alkanes) is 16. The molecule has 0 spiro atoms. The fraction of sp³-hybridized carbons (Fsp3) is 0.672. The summed E-state index contributed by atoms with van der Waals surface area (Å²) in [6, 6.07) is 0. The molecule has 8 nitrogen and oxygen atoms in total. The topological polar surface area (TPSA) is 94.1 Å². The molecule has 0 bridgehead atoms. The number of ether oxygens (including phenoxy) is 2. The molecule has 0 heterocycles. The van der Waals surface area contributed by atoms with Crippen LogP contribution in [0.3, 0.4) is 0 Å². The number of quaternary nitrogens is 1. The Morgan fingerprint density at radius 2 is 0.866 bits per heavy atom. The maximum Gasteiger partial charge on any atom is 0.306 e. The van der Waals surface area contributed by atoms with Crippen LogP contribution in [0.2, 0.25) is 0 Å². The summed E-state index contributed by atoms with van der Waals surface area (Å²) in [4.78, 5) is 25.2. The van der Waals surface area contributed by atoms with Gasteiger partial charge in [0.2, 0.25) is 0 Å². The number of hydrogen-bond acceptors (Lipinski definition) is 7. The molecule has 0 saturated carbocycles. The Balaban J connectivity index is 4.22. The van der Waals surface area contributed by atoms with Crippen LogP contribution in [0.5, 0.6) is 0 Å². The van der Waals surface area contributed by atoms with Crippen molar-refractivity contribution in [2.75, 3.05) is 54.1 Å². The zero-order chi connectivity index (χ0) is 49.0. The highest BCUT2D eigenvalue weighted by molar-refractivity contribution is 7.45. The van der Waals surface area contributed by atoms with Gasteiger partial charge < -0.3 is 27.9 Å². The van der Waals surface area contributed by atoms with Crippen molar-refractivity contribution >= 4 is 13.8 Å². The second kappa shape index (κ2) is 49.6. The number of hydrogen-bond donors (Lipinski definition) is 0. The first-order valence-electron chi connectivity index (χ1n) is 26.6. The molecular formula is C58H100NO7P. The maximum absolute atomic E-state index is 12.8. The number of carbonyl (C=O) groups is 1. The lowest BCUT2D eigenvalue weighted by Gasteiger charge is -2.28. The quantitative estimate of drug-likeness (QED) is 0.0197. The summed E-state index contributed by atoms with van der Waals surface area (Å²) >= 11 is 0. The van der Waals surface area contributed by atoms with Crippen LogP contribution in [-0.4, -0.2) is 70.7 Å². The number of carbonyl (C=O) groups excluding carboxylic acids is 1. The van der Waals surface area contributed by atoms with Gasteiger partial charge in [0.25, 0.3) is 7.82 Å². The molecule has 0 fully saturated rings. The van der Waals surface area contributed by atoms with Crippen molar-refractivity contribution in [3.63, 3.8) is 0 Å². The second-order valence-corrected chi connectivity index (χ2v) is 19.9. The van der Waals surface area contributed by atoms with E-state index >= 15 is 0 Å². The highest BCUT2D eigenvalue weighted by Crippen LogP contribution is 2.38. The number of nitrogens with zero attached hydrogens (tertiary/aromatic N) is 1. The summed E-state index contributed by atoms with van der Waals surface area (Å²) in [6.07, 6.45) is 69.7. The second-order valence-electron chi connectivity index (χ2n) is 18.5. The molecule has 0 saturated heterocycles. The van der Waals surface area contributed by atoms with Gasteiger partial charge in [-0.2, -0.15) is 0 Å². The van der Waals surface area contributed by atoms with Crippen LogP contribution in [0.25, 0.3) is 0 Å². The minimum Gasteiger partial charge on any atom is -0.756 e. The van der Waals surface area contributed by atoms with Gasteiger partial charge in [-0.25, -0.2) is 0 Å². The molecule has 9 heteroatoms. The smallest absolute Gasteiger partial charge is 0.306 e. The Hall–Kier alpha value is -2.84. The molecule has 0 aliphatic carbocycles. The molecule has 0 N–H and O–H groups in total. The molecule has 0 rings (SSSR count). The zero-order valence-electron chi connectivity index (χ0n) is 43.6. The van der Waals surface area contributed by atoms with Gasteiger partial charge in [-0.3, -0.25) is 9.36 Å². The Kier molecular flexibility index (Phi) is 47.5. The number of phosphoric acid groups is 1. The Labute approximate surface area is 412 Å². The zero-order valence-corrected chi connectivity index (χ0v) is 44.5. The molecule has 0 aromatic heterocycles. The minimum absolute atomic E-state index is 0.0142. The van der Waals surface area contributed by atoms with E-state index in [1.807, 2.05) is 21.1 Å². The third kappa shape index (κ3) is 54.0. The van der Waals surface area contributed by atoms with Crippen LogP contribution >= 0.6 is 7.82 Å². The van der Waals surface area contributed by atoms with E-state index < -0.39 is 13.9 Å². The largest absolute Gasteiger partial charge is 0.756 e. The summed E-state index contributed by atoms with van der Waals surface area (Å²) in [7, 11) is 1.32. The summed E-state index contributed by atoms with van der Waals surface area (Å²) in [6.45, 7) is 5.21. The summed E-state index contributed by atoms with van der Waals surface area (Å²) in [5.41, 5.74) is 0. The molecule has 0 aliphatic rings. The van der Waals surface area contributed by atoms with E-state index in [1.165, 1.54) is 64.2 Å². The molecule has 67 heavy (non-hydrogen) atoms. The van der Waals surface area contributed by atoms with Gasteiger partial charge in [-0.05, 0) is 103 Å². The van der Waals surface area contributed by atoms with Crippen molar-refractivity contribution in [1.29, 1.82) is 0 Å². The predicted molar refractivity (Wildman–Crippen MR) is 286 cm³/mol. The first-order chi connectivity index (χ1) is 32.6. The highest BCUT2D eigenvalue weighted by atomic mass is 31.2. The van der Waals surface area contributed by atoms with Gasteiger partial charge in [-0.1, -0.05) is 194 Å². The Morgan fingerprint density at radius 1 is 0.478 bits per heavy atom. The molecule has 0 aromatic carbocycles. The van der Waals surface area contributed by atoms with E-state index in [2.05, 4.69) is 123 Å². The van der Waals surface area contributed by atoms with Crippen LogP contribution in [0, 0.1) is 0 Å². The molecule has 0 aromatic rings. The fourth-order valence-electron chi connectivity index (χ4n) is 6.73. The van der Waals surface area contributed by atoms with Crippen LogP contribution < -0.4 is 4.89 Å². The van der Waals surface area contributed by atoms with Gasteiger partial charge in [0.15, 0.2) is 0 Å². The third-order valence-electron chi connectivity index (χ3n) is 10.8. The Bertz CT molecular complexity index is 1430. The van der Waals surface area contributed by atoms with Crippen molar-refractivity contribution in [3.8, 4) is 0 Å². The highest BCUT2D eigenvalue weighted by Gasteiger charge is 2.20. The summed E-state index contributed by atoms with van der Waals surface area (Å²) < 4.78 is 34.8. The summed E-state index contributed by atoms with van der Waals surface area (Å²) in [5, 5.41) is 0. The third-order valence-corrected chi connectivity index (χ3v) is 11.8. The average molecular weight is 954 g/mol. The first-order valence-corrected chi connectivity index (χ1v) is 28.1. The van der Waals surface area contributed by atoms with E-state index in [0.29, 0.717) is 17.6 Å². The number of phosphoric ester groups is 1. The minimum atomic E-state index is -4.55. The van der Waals surface area contributed by atoms with Crippen molar-refractivity contribution in [2.45, 2.75) is 200 Å². The fourth-order valence-corrected chi connectivity index (χ4v) is 7.46. The van der Waals surface area contributed by atoms with Crippen molar-refractivity contribution in [2.24, 2.45) is 0 Å². The number of allylic oxidation sites excluding steroid dienone is 18. The van der Waals surface area contributed by atoms with E-state index in [0.717, 1.165) is 109 Å². The predicted octanol–water partition coefficient (Wildman–Crippen LogP) is 16.1. The van der Waals surface area contributed by atoms with Crippen molar-refractivity contribution < 1.29 is 37.3 Å². The van der Waals surface area contributed by atoms with Crippen molar-refractivity contribution in [3.05, 3.63) is 109 Å². The van der Waals surface area contributed by atoms with Gasteiger partial charge in [0.05, 0.1) is 34.4 Å². The van der Waals surface area contributed by atoms with Gasteiger partial charge in [0.1, 0.15) is 19.3 Å². The number of likely N-dealkylation sites (N-methyl/N-ethyl adjacent to an activating group) is 1. The molecule has 2 unspecified atom stereocenters. The molecule has 0 amide bonds. The molecular weight excluding hydrogens is 854 g/mol. The monoisotopic (exact) mass is 954 g/mol.